The quantitative estimate of drug-likeness (QED) is 0.567. The number of aromatic amines is 1. The van der Waals surface area contributed by atoms with E-state index in [-0.39, 0.29) is 11.1 Å². The van der Waals surface area contributed by atoms with Crippen molar-refractivity contribution >= 4 is 34.6 Å². The molecule has 0 aliphatic carbocycles. The number of esters is 2. The SMILES string of the molecule is COC(=O)c1cc(C=CC(=O)OC(C)(C)C)c2c(c1)[nH]c(=O)c1cccn12. The minimum atomic E-state index is -0.615. The van der Waals surface area contributed by atoms with Crippen LogP contribution in [0.3, 0.4) is 0 Å². The Balaban J connectivity index is 2.22. The van der Waals surface area contributed by atoms with Gasteiger partial charge in [0, 0.05) is 17.8 Å². The zero-order valence-electron chi connectivity index (χ0n) is 15.5. The number of hydrogen-bond donors (Lipinski definition) is 1. The third kappa shape index (κ3) is 3.76. The van der Waals surface area contributed by atoms with Gasteiger partial charge in [-0.3, -0.25) is 4.79 Å². The number of carbonyl (C=O) groups excluding carboxylic acids is 2. The summed E-state index contributed by atoms with van der Waals surface area (Å²) >= 11 is 0. The molecule has 2 heterocycles. The van der Waals surface area contributed by atoms with Crippen molar-refractivity contribution in [2.24, 2.45) is 0 Å². The van der Waals surface area contributed by atoms with Crippen LogP contribution < -0.4 is 5.56 Å². The number of methoxy groups -OCH3 is 1. The first-order chi connectivity index (χ1) is 12.7. The summed E-state index contributed by atoms with van der Waals surface area (Å²) in [5.74, 6) is -1.05. The molecule has 140 valence electrons. The molecule has 0 bridgehead atoms. The van der Waals surface area contributed by atoms with Crippen LogP contribution >= 0.6 is 0 Å². The lowest BCUT2D eigenvalue weighted by Crippen LogP contribution is -2.22. The van der Waals surface area contributed by atoms with Gasteiger partial charge in [0.15, 0.2) is 0 Å². The van der Waals surface area contributed by atoms with Crippen molar-refractivity contribution < 1.29 is 19.1 Å². The van der Waals surface area contributed by atoms with E-state index in [2.05, 4.69) is 4.98 Å². The van der Waals surface area contributed by atoms with Gasteiger partial charge in [-0.15, -0.1) is 0 Å². The van der Waals surface area contributed by atoms with E-state index >= 15 is 0 Å². The van der Waals surface area contributed by atoms with Gasteiger partial charge in [0.05, 0.1) is 23.7 Å². The minimum Gasteiger partial charge on any atom is -0.465 e. The standard InChI is InChI=1S/C20H20N2O5/c1-20(2,3)27-16(23)8-7-12-10-13(19(25)26-4)11-14-17(12)22-9-5-6-15(22)18(24)21-14/h5-11H,1-4H3,(H,21,24). The van der Waals surface area contributed by atoms with Crippen molar-refractivity contribution in [3.8, 4) is 0 Å². The molecule has 27 heavy (non-hydrogen) atoms. The average Bonchev–Trinajstić information content (AvgIpc) is 3.07. The molecule has 0 saturated heterocycles. The summed E-state index contributed by atoms with van der Waals surface area (Å²) in [6, 6.07) is 6.59. The Kier molecular flexibility index (Phi) is 4.61. The number of carbonyl (C=O) groups is 2. The van der Waals surface area contributed by atoms with Crippen LogP contribution in [0.1, 0.15) is 36.7 Å². The van der Waals surface area contributed by atoms with E-state index in [1.807, 2.05) is 0 Å². The molecule has 1 aromatic carbocycles. The lowest BCUT2D eigenvalue weighted by molar-refractivity contribution is -0.148. The van der Waals surface area contributed by atoms with Crippen molar-refractivity contribution in [1.82, 2.24) is 9.38 Å². The number of nitrogens with zero attached hydrogens (tertiary/aromatic N) is 1. The molecule has 2 aromatic heterocycles. The Morgan fingerprint density at radius 2 is 1.96 bits per heavy atom. The molecule has 0 unspecified atom stereocenters. The molecule has 0 aliphatic heterocycles. The van der Waals surface area contributed by atoms with Crippen molar-refractivity contribution in [3.63, 3.8) is 0 Å². The zero-order valence-corrected chi connectivity index (χ0v) is 15.5. The molecule has 0 aliphatic rings. The predicted molar refractivity (Wildman–Crippen MR) is 102 cm³/mol. The second-order valence-corrected chi connectivity index (χ2v) is 7.04. The molecule has 0 amide bonds. The molecule has 0 fully saturated rings. The fourth-order valence-electron chi connectivity index (χ4n) is 2.82. The predicted octanol–water partition coefficient (Wildman–Crippen LogP) is 2.92. The number of H-pyrrole nitrogens is 1. The van der Waals surface area contributed by atoms with Crippen LogP contribution in [-0.2, 0) is 14.3 Å². The Morgan fingerprint density at radius 3 is 2.63 bits per heavy atom. The number of nitrogens with one attached hydrogen (secondary N) is 1. The number of benzene rings is 1. The Bertz CT molecular complexity index is 1130. The van der Waals surface area contributed by atoms with E-state index in [1.165, 1.54) is 13.2 Å². The fourth-order valence-corrected chi connectivity index (χ4v) is 2.82. The molecule has 3 aromatic rings. The van der Waals surface area contributed by atoms with Crippen LogP contribution in [-0.4, -0.2) is 34.0 Å². The molecule has 0 spiro atoms. The maximum Gasteiger partial charge on any atom is 0.337 e. The first kappa shape index (κ1) is 18.4. The highest BCUT2D eigenvalue weighted by Gasteiger charge is 2.16. The normalized spacial score (nSPS) is 12.0. The van der Waals surface area contributed by atoms with Gasteiger partial charge in [0.25, 0.3) is 5.56 Å². The highest BCUT2D eigenvalue weighted by molar-refractivity contribution is 5.99. The van der Waals surface area contributed by atoms with E-state index in [1.54, 1.807) is 61.7 Å². The third-order valence-electron chi connectivity index (χ3n) is 3.84. The van der Waals surface area contributed by atoms with E-state index < -0.39 is 17.5 Å². The molecule has 7 heteroatoms. The molecular weight excluding hydrogens is 348 g/mol. The first-order valence-electron chi connectivity index (χ1n) is 8.36. The van der Waals surface area contributed by atoms with Gasteiger partial charge in [-0.1, -0.05) is 0 Å². The maximum atomic E-state index is 12.3. The summed E-state index contributed by atoms with van der Waals surface area (Å²) in [6.45, 7) is 5.33. The molecule has 7 nitrogen and oxygen atoms in total. The van der Waals surface area contributed by atoms with Gasteiger partial charge in [0.1, 0.15) is 11.1 Å². The Morgan fingerprint density at radius 1 is 1.22 bits per heavy atom. The topological polar surface area (TPSA) is 89.9 Å². The molecule has 3 rings (SSSR count). The summed E-state index contributed by atoms with van der Waals surface area (Å²) in [7, 11) is 1.28. The lowest BCUT2D eigenvalue weighted by atomic mass is 10.1. The number of ether oxygens (including phenoxy) is 2. The number of fused-ring (bicyclic) bond motifs is 3. The summed E-state index contributed by atoms with van der Waals surface area (Å²) < 4.78 is 11.8. The largest absolute Gasteiger partial charge is 0.465 e. The highest BCUT2D eigenvalue weighted by atomic mass is 16.6. The van der Waals surface area contributed by atoms with Crippen molar-refractivity contribution in [2.75, 3.05) is 7.11 Å². The summed E-state index contributed by atoms with van der Waals surface area (Å²) in [4.78, 5) is 39.1. The Hall–Kier alpha value is -3.35. The highest BCUT2D eigenvalue weighted by Crippen LogP contribution is 2.22. The molecule has 0 saturated carbocycles. The van der Waals surface area contributed by atoms with Gasteiger partial charge in [0.2, 0.25) is 0 Å². The van der Waals surface area contributed by atoms with Crippen LogP contribution in [0.25, 0.3) is 22.6 Å². The van der Waals surface area contributed by atoms with Gasteiger partial charge in [-0.05, 0) is 51.1 Å². The summed E-state index contributed by atoms with van der Waals surface area (Å²) in [6.07, 6.45) is 4.59. The van der Waals surface area contributed by atoms with Gasteiger partial charge in [-0.2, -0.15) is 0 Å². The average molecular weight is 368 g/mol. The molecule has 0 radical (unpaired) electrons. The van der Waals surface area contributed by atoms with E-state index in [0.29, 0.717) is 22.1 Å². The second kappa shape index (κ2) is 6.75. The number of aromatic nitrogens is 2. The second-order valence-electron chi connectivity index (χ2n) is 7.04. The van der Waals surface area contributed by atoms with Gasteiger partial charge < -0.3 is 18.9 Å². The van der Waals surface area contributed by atoms with Gasteiger partial charge in [-0.25, -0.2) is 9.59 Å². The van der Waals surface area contributed by atoms with Crippen molar-refractivity contribution in [3.05, 3.63) is 58.0 Å². The van der Waals surface area contributed by atoms with Crippen LogP contribution in [0.15, 0.2) is 41.3 Å². The van der Waals surface area contributed by atoms with Crippen LogP contribution in [0.4, 0.5) is 0 Å². The molecule has 0 atom stereocenters. The number of hydrogen-bond acceptors (Lipinski definition) is 5. The number of rotatable bonds is 3. The van der Waals surface area contributed by atoms with E-state index in [4.69, 9.17) is 9.47 Å². The summed E-state index contributed by atoms with van der Waals surface area (Å²) in [5, 5.41) is 0. The van der Waals surface area contributed by atoms with Crippen LogP contribution in [0, 0.1) is 0 Å². The van der Waals surface area contributed by atoms with E-state index in [0.717, 1.165) is 0 Å². The smallest absolute Gasteiger partial charge is 0.337 e. The zero-order chi connectivity index (χ0) is 19.8. The lowest BCUT2D eigenvalue weighted by Gasteiger charge is -2.18. The first-order valence-corrected chi connectivity index (χ1v) is 8.36. The molecule has 1 N–H and O–H groups in total. The minimum absolute atomic E-state index is 0.260. The van der Waals surface area contributed by atoms with Gasteiger partial charge >= 0.3 is 11.9 Å². The van der Waals surface area contributed by atoms with Crippen molar-refractivity contribution in [1.29, 1.82) is 0 Å². The van der Waals surface area contributed by atoms with E-state index in [9.17, 15) is 14.4 Å². The van der Waals surface area contributed by atoms with Crippen LogP contribution in [0.2, 0.25) is 0 Å². The Labute approximate surface area is 155 Å². The third-order valence-corrected chi connectivity index (χ3v) is 3.84. The fraction of sp³-hybridized carbons (Fsp3) is 0.250. The summed E-state index contributed by atoms with van der Waals surface area (Å²) in [5.41, 5.74) is 1.50. The molecular formula is C20H20N2O5. The van der Waals surface area contributed by atoms with Crippen LogP contribution in [0.5, 0.6) is 0 Å². The van der Waals surface area contributed by atoms with Crippen molar-refractivity contribution in [2.45, 2.75) is 26.4 Å². The monoisotopic (exact) mass is 368 g/mol. The maximum absolute atomic E-state index is 12.3.